The Balaban J connectivity index is 3.66. The second-order valence-corrected chi connectivity index (χ2v) is 5.07. The lowest BCUT2D eigenvalue weighted by Crippen LogP contribution is -2.14. The van der Waals surface area contributed by atoms with Gasteiger partial charge in [-0.3, -0.25) is 0 Å². The normalized spacial score (nSPS) is 11.7. The van der Waals surface area contributed by atoms with Crippen LogP contribution in [0.1, 0.15) is 5.56 Å². The molecule has 78 valence electrons. The lowest BCUT2D eigenvalue weighted by atomic mass is 10.2. The topological polar surface area (TPSA) is 86.2 Å². The van der Waals surface area contributed by atoms with Gasteiger partial charge in [-0.05, 0) is 18.6 Å². The van der Waals surface area contributed by atoms with E-state index in [0.29, 0.717) is 5.56 Å². The first-order valence-electron chi connectivity index (χ1n) is 3.52. The molecular weight excluding hydrogens is 247 g/mol. The third-order valence-corrected chi connectivity index (χ3v) is 3.59. The maximum Gasteiger partial charge on any atom is 0.238 e. The molecule has 14 heavy (non-hydrogen) atoms. The van der Waals surface area contributed by atoms with Crippen molar-refractivity contribution in [2.75, 3.05) is 5.73 Å². The van der Waals surface area contributed by atoms with Crippen LogP contribution in [0.15, 0.2) is 11.0 Å². The number of hydrogen-bond acceptors (Lipinski definition) is 3. The highest BCUT2D eigenvalue weighted by Crippen LogP contribution is 2.34. The zero-order chi connectivity index (χ0) is 11.1. The Morgan fingerprint density at radius 3 is 2.29 bits per heavy atom. The largest absolute Gasteiger partial charge is 0.396 e. The van der Waals surface area contributed by atoms with Crippen LogP contribution in [0.25, 0.3) is 0 Å². The molecule has 0 fully saturated rings. The lowest BCUT2D eigenvalue weighted by molar-refractivity contribution is 0.597. The predicted octanol–water partition coefficient (Wildman–Crippen LogP) is 1.53. The minimum atomic E-state index is -3.82. The van der Waals surface area contributed by atoms with Gasteiger partial charge in [0, 0.05) is 0 Å². The molecular formula is C7H8Cl2N2O2S. The highest BCUT2D eigenvalue weighted by molar-refractivity contribution is 7.89. The van der Waals surface area contributed by atoms with E-state index in [1.54, 1.807) is 0 Å². The van der Waals surface area contributed by atoms with Crippen molar-refractivity contribution >= 4 is 38.9 Å². The number of sulfonamides is 1. The van der Waals surface area contributed by atoms with Gasteiger partial charge in [0.1, 0.15) is 0 Å². The molecule has 0 saturated heterocycles. The Morgan fingerprint density at radius 1 is 1.36 bits per heavy atom. The van der Waals surface area contributed by atoms with E-state index in [4.69, 9.17) is 34.1 Å². The quantitative estimate of drug-likeness (QED) is 0.746. The second-order valence-electron chi connectivity index (χ2n) is 2.75. The molecule has 1 aromatic carbocycles. The Kier molecular flexibility index (Phi) is 2.96. The fourth-order valence-corrected chi connectivity index (χ4v) is 2.40. The first-order chi connectivity index (χ1) is 6.25. The van der Waals surface area contributed by atoms with Gasteiger partial charge in [-0.25, -0.2) is 13.6 Å². The minimum Gasteiger partial charge on any atom is -0.396 e. The third-order valence-electron chi connectivity index (χ3n) is 1.76. The number of benzene rings is 1. The fourth-order valence-electron chi connectivity index (χ4n) is 1.01. The van der Waals surface area contributed by atoms with Crippen LogP contribution in [-0.2, 0) is 10.0 Å². The van der Waals surface area contributed by atoms with Gasteiger partial charge < -0.3 is 5.73 Å². The molecule has 1 rings (SSSR count). The van der Waals surface area contributed by atoms with Gasteiger partial charge in [-0.2, -0.15) is 0 Å². The van der Waals surface area contributed by atoms with E-state index in [0.717, 1.165) is 0 Å². The summed E-state index contributed by atoms with van der Waals surface area (Å²) in [6.45, 7) is 1.51. The first kappa shape index (κ1) is 11.6. The van der Waals surface area contributed by atoms with Crippen molar-refractivity contribution in [2.45, 2.75) is 11.8 Å². The van der Waals surface area contributed by atoms with Gasteiger partial charge in [-0.1, -0.05) is 23.2 Å². The molecule has 0 spiro atoms. The van der Waals surface area contributed by atoms with Gasteiger partial charge in [0.15, 0.2) is 0 Å². The molecule has 0 aliphatic carbocycles. The van der Waals surface area contributed by atoms with E-state index < -0.39 is 10.0 Å². The summed E-state index contributed by atoms with van der Waals surface area (Å²) in [5.41, 5.74) is 5.95. The van der Waals surface area contributed by atoms with Gasteiger partial charge >= 0.3 is 0 Å². The van der Waals surface area contributed by atoms with E-state index in [-0.39, 0.29) is 20.6 Å². The van der Waals surface area contributed by atoms with Crippen LogP contribution in [0.5, 0.6) is 0 Å². The molecule has 7 heteroatoms. The SMILES string of the molecule is Cc1c(S(N)(=O)=O)cc(Cl)c(N)c1Cl. The zero-order valence-electron chi connectivity index (χ0n) is 7.21. The minimum absolute atomic E-state index is 0.0737. The van der Waals surface area contributed by atoms with Crippen LogP contribution in [0.4, 0.5) is 5.69 Å². The summed E-state index contributed by atoms with van der Waals surface area (Å²) in [5, 5.41) is 5.15. The fraction of sp³-hybridized carbons (Fsp3) is 0.143. The van der Waals surface area contributed by atoms with Crippen LogP contribution >= 0.6 is 23.2 Å². The molecule has 0 radical (unpaired) electrons. The van der Waals surface area contributed by atoms with E-state index in [9.17, 15) is 8.42 Å². The van der Waals surface area contributed by atoms with Crippen LogP contribution in [-0.4, -0.2) is 8.42 Å². The van der Waals surface area contributed by atoms with Crippen LogP contribution in [0.3, 0.4) is 0 Å². The van der Waals surface area contributed by atoms with Crippen molar-refractivity contribution in [3.05, 3.63) is 21.7 Å². The van der Waals surface area contributed by atoms with Crippen molar-refractivity contribution in [3.8, 4) is 0 Å². The number of primary sulfonamides is 1. The molecule has 0 aromatic heterocycles. The highest BCUT2D eigenvalue weighted by Gasteiger charge is 2.17. The average molecular weight is 255 g/mol. The summed E-state index contributed by atoms with van der Waals surface area (Å²) < 4.78 is 22.2. The van der Waals surface area contributed by atoms with Gasteiger partial charge in [0.05, 0.1) is 20.6 Å². The van der Waals surface area contributed by atoms with Crippen molar-refractivity contribution in [2.24, 2.45) is 5.14 Å². The van der Waals surface area contributed by atoms with Crippen LogP contribution < -0.4 is 10.9 Å². The molecule has 0 saturated carbocycles. The molecule has 4 N–H and O–H groups in total. The summed E-state index contributed by atoms with van der Waals surface area (Å²) in [7, 11) is -3.82. The summed E-state index contributed by atoms with van der Waals surface area (Å²) in [6.07, 6.45) is 0. The predicted molar refractivity (Wildman–Crippen MR) is 57.0 cm³/mol. The van der Waals surface area contributed by atoms with Crippen molar-refractivity contribution in [3.63, 3.8) is 0 Å². The first-order valence-corrected chi connectivity index (χ1v) is 5.82. The van der Waals surface area contributed by atoms with E-state index in [2.05, 4.69) is 0 Å². The molecule has 0 bridgehead atoms. The summed E-state index contributed by atoms with van der Waals surface area (Å²) >= 11 is 11.4. The smallest absolute Gasteiger partial charge is 0.238 e. The van der Waals surface area contributed by atoms with Gasteiger partial charge in [0.25, 0.3) is 0 Å². The van der Waals surface area contributed by atoms with Crippen molar-refractivity contribution in [1.82, 2.24) is 0 Å². The van der Waals surface area contributed by atoms with Crippen molar-refractivity contribution in [1.29, 1.82) is 0 Å². The van der Waals surface area contributed by atoms with Gasteiger partial charge in [-0.15, -0.1) is 0 Å². The van der Waals surface area contributed by atoms with E-state index in [1.807, 2.05) is 0 Å². The third kappa shape index (κ3) is 1.95. The van der Waals surface area contributed by atoms with Crippen molar-refractivity contribution < 1.29 is 8.42 Å². The maximum atomic E-state index is 11.1. The monoisotopic (exact) mass is 254 g/mol. The molecule has 0 aliphatic rings. The number of nitrogens with two attached hydrogens (primary N) is 2. The lowest BCUT2D eigenvalue weighted by Gasteiger charge is -2.09. The molecule has 0 heterocycles. The van der Waals surface area contributed by atoms with Crippen LogP contribution in [0, 0.1) is 6.92 Å². The summed E-state index contributed by atoms with van der Waals surface area (Å²) in [5.74, 6) is 0. The number of rotatable bonds is 1. The maximum absolute atomic E-state index is 11.1. The van der Waals surface area contributed by atoms with Crippen LogP contribution in [0.2, 0.25) is 10.0 Å². The molecule has 1 aromatic rings. The number of nitrogen functional groups attached to an aromatic ring is 1. The Hall–Kier alpha value is -0.490. The van der Waals surface area contributed by atoms with E-state index in [1.165, 1.54) is 13.0 Å². The molecule has 0 aliphatic heterocycles. The Bertz CT molecular complexity index is 485. The number of anilines is 1. The standard InChI is InChI=1S/C7H8Cl2N2O2S/c1-3-5(14(11,12)13)2-4(8)7(10)6(3)9/h2H,10H2,1H3,(H2,11,12,13). The molecule has 0 amide bonds. The number of halogens is 2. The molecule has 0 unspecified atom stereocenters. The zero-order valence-corrected chi connectivity index (χ0v) is 9.54. The Morgan fingerprint density at radius 2 is 1.86 bits per heavy atom. The number of hydrogen-bond donors (Lipinski definition) is 2. The molecule has 4 nitrogen and oxygen atoms in total. The molecule has 0 atom stereocenters. The highest BCUT2D eigenvalue weighted by atomic mass is 35.5. The summed E-state index contributed by atoms with van der Waals surface area (Å²) in [4.78, 5) is -0.110. The average Bonchev–Trinajstić information content (AvgIpc) is 2.06. The van der Waals surface area contributed by atoms with E-state index >= 15 is 0 Å². The van der Waals surface area contributed by atoms with Gasteiger partial charge in [0.2, 0.25) is 10.0 Å². The summed E-state index contributed by atoms with van der Waals surface area (Å²) in [6, 6.07) is 1.19. The second kappa shape index (κ2) is 3.58. The Labute approximate surface area is 91.8 Å².